The largest absolute Gasteiger partial charge is 0.377 e. The van der Waals surface area contributed by atoms with Gasteiger partial charge < -0.3 is 10.5 Å². The van der Waals surface area contributed by atoms with Gasteiger partial charge in [-0.3, -0.25) is 0 Å². The standard InChI is InChI=1S/C10H23NO/c1-6-7-8(2)10(4,12-5)9(3)11/h8-9H,6-7,11H2,1-5H3. The molecule has 74 valence electrons. The van der Waals surface area contributed by atoms with E-state index in [1.54, 1.807) is 7.11 Å². The van der Waals surface area contributed by atoms with E-state index in [1.165, 1.54) is 12.8 Å². The highest BCUT2D eigenvalue weighted by atomic mass is 16.5. The van der Waals surface area contributed by atoms with Gasteiger partial charge in [0.25, 0.3) is 0 Å². The molecule has 0 amide bonds. The van der Waals surface area contributed by atoms with Crippen molar-refractivity contribution in [1.29, 1.82) is 0 Å². The summed E-state index contributed by atoms with van der Waals surface area (Å²) in [5, 5.41) is 0. The summed E-state index contributed by atoms with van der Waals surface area (Å²) >= 11 is 0. The Morgan fingerprint density at radius 3 is 2.17 bits per heavy atom. The van der Waals surface area contributed by atoms with Crippen LogP contribution >= 0.6 is 0 Å². The van der Waals surface area contributed by atoms with E-state index in [0.717, 1.165) is 0 Å². The van der Waals surface area contributed by atoms with E-state index < -0.39 is 0 Å². The van der Waals surface area contributed by atoms with E-state index in [0.29, 0.717) is 5.92 Å². The van der Waals surface area contributed by atoms with Crippen LogP contribution in [0.15, 0.2) is 0 Å². The summed E-state index contributed by atoms with van der Waals surface area (Å²) in [5.41, 5.74) is 5.72. The van der Waals surface area contributed by atoms with Crippen molar-refractivity contribution in [3.05, 3.63) is 0 Å². The smallest absolute Gasteiger partial charge is 0.0823 e. The highest BCUT2D eigenvalue weighted by molar-refractivity contribution is 4.88. The van der Waals surface area contributed by atoms with Crippen LogP contribution in [0.5, 0.6) is 0 Å². The van der Waals surface area contributed by atoms with Crippen LogP contribution in [0.3, 0.4) is 0 Å². The van der Waals surface area contributed by atoms with E-state index in [1.807, 2.05) is 6.92 Å². The summed E-state index contributed by atoms with van der Waals surface area (Å²) in [6.45, 7) is 8.50. The molecule has 0 saturated heterocycles. The van der Waals surface area contributed by atoms with Crippen molar-refractivity contribution in [3.63, 3.8) is 0 Å². The van der Waals surface area contributed by atoms with Gasteiger partial charge in [0, 0.05) is 13.2 Å². The number of ether oxygens (including phenoxy) is 1. The molecule has 0 aromatic carbocycles. The molecule has 2 nitrogen and oxygen atoms in total. The van der Waals surface area contributed by atoms with Gasteiger partial charge in [-0.1, -0.05) is 20.3 Å². The summed E-state index contributed by atoms with van der Waals surface area (Å²) in [4.78, 5) is 0. The van der Waals surface area contributed by atoms with Crippen molar-refractivity contribution < 1.29 is 4.74 Å². The first-order chi connectivity index (χ1) is 5.49. The Labute approximate surface area is 76.5 Å². The number of hydrogen-bond donors (Lipinski definition) is 1. The van der Waals surface area contributed by atoms with Crippen molar-refractivity contribution in [1.82, 2.24) is 0 Å². The Bertz CT molecular complexity index is 125. The average Bonchev–Trinajstić information content (AvgIpc) is 2.03. The zero-order chi connectivity index (χ0) is 9.78. The predicted molar refractivity (Wildman–Crippen MR) is 53.1 cm³/mol. The molecular weight excluding hydrogens is 150 g/mol. The van der Waals surface area contributed by atoms with E-state index in [-0.39, 0.29) is 11.6 Å². The lowest BCUT2D eigenvalue weighted by atomic mass is 9.82. The van der Waals surface area contributed by atoms with Gasteiger partial charge >= 0.3 is 0 Å². The SMILES string of the molecule is CCCC(C)C(C)(OC)C(C)N. The highest BCUT2D eigenvalue weighted by Crippen LogP contribution is 2.27. The third kappa shape index (κ3) is 2.46. The zero-order valence-corrected chi connectivity index (χ0v) is 9.05. The molecule has 0 saturated carbocycles. The fourth-order valence-electron chi connectivity index (χ4n) is 1.56. The minimum atomic E-state index is -0.171. The second kappa shape index (κ2) is 4.83. The van der Waals surface area contributed by atoms with Crippen LogP contribution in [0.4, 0.5) is 0 Å². The zero-order valence-electron chi connectivity index (χ0n) is 9.05. The van der Waals surface area contributed by atoms with Gasteiger partial charge in [0.1, 0.15) is 0 Å². The molecule has 0 aliphatic rings. The van der Waals surface area contributed by atoms with Crippen LogP contribution in [0, 0.1) is 5.92 Å². The molecule has 0 aromatic rings. The molecule has 3 unspecified atom stereocenters. The molecule has 3 atom stereocenters. The Morgan fingerprint density at radius 2 is 1.92 bits per heavy atom. The summed E-state index contributed by atoms with van der Waals surface area (Å²) < 4.78 is 5.49. The van der Waals surface area contributed by atoms with Crippen LogP contribution in [-0.4, -0.2) is 18.8 Å². The lowest BCUT2D eigenvalue weighted by molar-refractivity contribution is -0.0558. The van der Waals surface area contributed by atoms with Gasteiger partial charge in [0.05, 0.1) is 5.60 Å². The summed E-state index contributed by atoms with van der Waals surface area (Å²) in [6, 6.07) is 0.0871. The number of hydrogen-bond acceptors (Lipinski definition) is 2. The fourth-order valence-corrected chi connectivity index (χ4v) is 1.56. The predicted octanol–water partition coefficient (Wildman–Crippen LogP) is 2.17. The molecule has 0 rings (SSSR count). The van der Waals surface area contributed by atoms with Crippen molar-refractivity contribution in [2.75, 3.05) is 7.11 Å². The molecule has 12 heavy (non-hydrogen) atoms. The maximum absolute atomic E-state index is 5.89. The third-order valence-corrected chi connectivity index (χ3v) is 3.04. The topological polar surface area (TPSA) is 35.2 Å². The van der Waals surface area contributed by atoms with E-state index in [9.17, 15) is 0 Å². The molecule has 0 radical (unpaired) electrons. The van der Waals surface area contributed by atoms with Crippen LogP contribution in [0.2, 0.25) is 0 Å². The second-order valence-corrected chi connectivity index (χ2v) is 3.87. The molecule has 0 aromatic heterocycles. The Hall–Kier alpha value is -0.0800. The van der Waals surface area contributed by atoms with E-state index >= 15 is 0 Å². The first kappa shape index (κ1) is 11.9. The van der Waals surface area contributed by atoms with Gasteiger partial charge in [-0.2, -0.15) is 0 Å². The minimum Gasteiger partial charge on any atom is -0.377 e. The molecule has 2 N–H and O–H groups in total. The van der Waals surface area contributed by atoms with Crippen molar-refractivity contribution in [2.45, 2.75) is 52.2 Å². The first-order valence-corrected chi connectivity index (χ1v) is 4.79. The normalized spacial score (nSPS) is 21.5. The number of methoxy groups -OCH3 is 1. The fraction of sp³-hybridized carbons (Fsp3) is 1.00. The van der Waals surface area contributed by atoms with Crippen LogP contribution in [0.1, 0.15) is 40.5 Å². The van der Waals surface area contributed by atoms with E-state index in [2.05, 4.69) is 20.8 Å². The van der Waals surface area contributed by atoms with Gasteiger partial charge in [0.2, 0.25) is 0 Å². The molecule has 0 aliphatic heterocycles. The van der Waals surface area contributed by atoms with Crippen molar-refractivity contribution in [3.8, 4) is 0 Å². The van der Waals surface area contributed by atoms with Crippen molar-refractivity contribution >= 4 is 0 Å². The Balaban J connectivity index is 4.29. The second-order valence-electron chi connectivity index (χ2n) is 3.87. The summed E-state index contributed by atoms with van der Waals surface area (Å²) in [6.07, 6.45) is 2.36. The lowest BCUT2D eigenvalue weighted by Gasteiger charge is -2.37. The molecular formula is C10H23NO. The molecule has 0 heterocycles. The Kier molecular flexibility index (Phi) is 4.80. The number of rotatable bonds is 5. The van der Waals surface area contributed by atoms with Crippen LogP contribution in [0.25, 0.3) is 0 Å². The molecule has 0 aliphatic carbocycles. The molecule has 0 fully saturated rings. The van der Waals surface area contributed by atoms with Crippen LogP contribution in [-0.2, 0) is 4.74 Å². The molecule has 0 bridgehead atoms. The van der Waals surface area contributed by atoms with Gasteiger partial charge in [-0.05, 0) is 26.2 Å². The van der Waals surface area contributed by atoms with E-state index in [4.69, 9.17) is 10.5 Å². The lowest BCUT2D eigenvalue weighted by Crippen LogP contribution is -2.50. The summed E-state index contributed by atoms with van der Waals surface area (Å²) in [7, 11) is 1.75. The monoisotopic (exact) mass is 173 g/mol. The quantitative estimate of drug-likeness (QED) is 0.691. The maximum atomic E-state index is 5.89. The first-order valence-electron chi connectivity index (χ1n) is 4.79. The highest BCUT2D eigenvalue weighted by Gasteiger charge is 2.34. The van der Waals surface area contributed by atoms with Crippen molar-refractivity contribution in [2.24, 2.45) is 11.7 Å². The minimum absolute atomic E-state index is 0.0871. The third-order valence-electron chi connectivity index (χ3n) is 3.04. The van der Waals surface area contributed by atoms with Gasteiger partial charge in [-0.25, -0.2) is 0 Å². The number of nitrogens with two attached hydrogens (primary N) is 1. The average molecular weight is 173 g/mol. The molecule has 2 heteroatoms. The Morgan fingerprint density at radius 1 is 1.42 bits per heavy atom. The van der Waals surface area contributed by atoms with Gasteiger partial charge in [0.15, 0.2) is 0 Å². The van der Waals surface area contributed by atoms with Crippen LogP contribution < -0.4 is 5.73 Å². The molecule has 0 spiro atoms. The maximum Gasteiger partial charge on any atom is 0.0823 e. The summed E-state index contributed by atoms with van der Waals surface area (Å²) in [5.74, 6) is 0.521. The van der Waals surface area contributed by atoms with Gasteiger partial charge in [-0.15, -0.1) is 0 Å².